The minimum atomic E-state index is 0.240. The second-order valence-corrected chi connectivity index (χ2v) is 5.91. The van der Waals surface area contributed by atoms with E-state index in [1.165, 1.54) is 6.42 Å². The van der Waals surface area contributed by atoms with E-state index in [0.717, 1.165) is 44.6 Å². The van der Waals surface area contributed by atoms with Crippen LogP contribution in [0, 0.1) is 17.2 Å². The predicted molar refractivity (Wildman–Crippen MR) is 79.7 cm³/mol. The van der Waals surface area contributed by atoms with Crippen molar-refractivity contribution >= 4 is 11.7 Å². The van der Waals surface area contributed by atoms with Crippen LogP contribution in [0.15, 0.2) is 18.3 Å². The molecule has 2 heterocycles. The number of piperidine rings is 1. The molecule has 0 atom stereocenters. The van der Waals surface area contributed by atoms with E-state index in [1.807, 2.05) is 6.07 Å². The fraction of sp³-hybridized carbons (Fsp3) is 0.562. The van der Waals surface area contributed by atoms with Crippen molar-refractivity contribution in [2.75, 3.05) is 18.0 Å². The van der Waals surface area contributed by atoms with Crippen LogP contribution in [-0.4, -0.2) is 30.0 Å². The summed E-state index contributed by atoms with van der Waals surface area (Å²) >= 11 is 0. The number of nitrogens with zero attached hydrogens (tertiary/aromatic N) is 3. The highest BCUT2D eigenvalue weighted by atomic mass is 16.2. The van der Waals surface area contributed by atoms with E-state index in [2.05, 4.69) is 21.3 Å². The Labute approximate surface area is 125 Å². The molecule has 1 aromatic heterocycles. The predicted octanol–water partition coefficient (Wildman–Crippen LogP) is 1.84. The lowest BCUT2D eigenvalue weighted by Crippen LogP contribution is -2.47. The summed E-state index contributed by atoms with van der Waals surface area (Å²) in [5.74, 6) is 1.36. The van der Waals surface area contributed by atoms with Gasteiger partial charge in [0.25, 0.3) is 0 Å². The molecule has 1 amide bonds. The number of rotatable bonds is 3. The molecule has 1 saturated heterocycles. The Morgan fingerprint density at radius 1 is 1.33 bits per heavy atom. The first-order chi connectivity index (χ1) is 10.3. The van der Waals surface area contributed by atoms with Gasteiger partial charge in [-0.3, -0.25) is 4.79 Å². The quantitative estimate of drug-likeness (QED) is 0.919. The number of nitriles is 1. The minimum absolute atomic E-state index is 0.240. The van der Waals surface area contributed by atoms with Gasteiger partial charge in [0.2, 0.25) is 5.91 Å². The van der Waals surface area contributed by atoms with E-state index in [-0.39, 0.29) is 17.9 Å². The molecular weight excluding hydrogens is 264 g/mol. The van der Waals surface area contributed by atoms with Crippen molar-refractivity contribution in [2.45, 2.75) is 38.1 Å². The molecule has 1 saturated carbocycles. The van der Waals surface area contributed by atoms with E-state index in [4.69, 9.17) is 5.26 Å². The van der Waals surface area contributed by atoms with Gasteiger partial charge in [0, 0.05) is 31.2 Å². The van der Waals surface area contributed by atoms with Crippen LogP contribution in [0.25, 0.3) is 0 Å². The summed E-state index contributed by atoms with van der Waals surface area (Å²) in [6, 6.07) is 5.97. The number of carbonyl (C=O) groups excluding carboxylic acids is 1. The molecule has 5 nitrogen and oxygen atoms in total. The second kappa shape index (κ2) is 6.13. The first kappa shape index (κ1) is 13.9. The van der Waals surface area contributed by atoms with Crippen LogP contribution in [0.1, 0.15) is 37.7 Å². The van der Waals surface area contributed by atoms with E-state index in [0.29, 0.717) is 5.56 Å². The Bertz CT molecular complexity index is 554. The van der Waals surface area contributed by atoms with Gasteiger partial charge in [-0.25, -0.2) is 4.98 Å². The molecule has 1 aliphatic heterocycles. The average molecular weight is 284 g/mol. The second-order valence-electron chi connectivity index (χ2n) is 5.91. The first-order valence-corrected chi connectivity index (χ1v) is 7.68. The molecule has 0 bridgehead atoms. The lowest BCUT2D eigenvalue weighted by molar-refractivity contribution is -0.128. The van der Waals surface area contributed by atoms with Gasteiger partial charge in [-0.2, -0.15) is 5.26 Å². The smallest absolute Gasteiger partial charge is 0.223 e. The lowest BCUT2D eigenvalue weighted by Gasteiger charge is -2.34. The van der Waals surface area contributed by atoms with Gasteiger partial charge in [0.05, 0.1) is 11.6 Å². The van der Waals surface area contributed by atoms with Gasteiger partial charge in [-0.05, 0) is 37.8 Å². The van der Waals surface area contributed by atoms with Crippen molar-refractivity contribution in [3.8, 4) is 6.07 Å². The Morgan fingerprint density at radius 2 is 2.10 bits per heavy atom. The van der Waals surface area contributed by atoms with Crippen molar-refractivity contribution in [1.82, 2.24) is 10.3 Å². The molecule has 2 aliphatic rings. The Kier molecular flexibility index (Phi) is 4.05. The van der Waals surface area contributed by atoms with Crippen LogP contribution in [0.5, 0.6) is 0 Å². The monoisotopic (exact) mass is 284 g/mol. The molecule has 1 N–H and O–H groups in total. The van der Waals surface area contributed by atoms with Crippen LogP contribution in [0.3, 0.4) is 0 Å². The fourth-order valence-electron chi connectivity index (χ4n) is 2.90. The Hall–Kier alpha value is -2.09. The van der Waals surface area contributed by atoms with Crippen molar-refractivity contribution in [3.05, 3.63) is 23.9 Å². The van der Waals surface area contributed by atoms with Crippen molar-refractivity contribution in [3.63, 3.8) is 0 Å². The van der Waals surface area contributed by atoms with Crippen LogP contribution in [0.4, 0.5) is 5.82 Å². The maximum absolute atomic E-state index is 12.0. The molecule has 21 heavy (non-hydrogen) atoms. The summed E-state index contributed by atoms with van der Waals surface area (Å²) < 4.78 is 0. The molecule has 0 spiro atoms. The number of aromatic nitrogens is 1. The maximum Gasteiger partial charge on any atom is 0.223 e. The van der Waals surface area contributed by atoms with E-state index in [9.17, 15) is 4.79 Å². The Morgan fingerprint density at radius 3 is 2.71 bits per heavy atom. The number of amides is 1. The first-order valence-electron chi connectivity index (χ1n) is 7.68. The molecule has 110 valence electrons. The van der Waals surface area contributed by atoms with Crippen molar-refractivity contribution in [1.29, 1.82) is 5.26 Å². The van der Waals surface area contributed by atoms with Crippen LogP contribution in [0.2, 0.25) is 0 Å². The van der Waals surface area contributed by atoms with Gasteiger partial charge in [-0.1, -0.05) is 6.42 Å². The molecule has 3 rings (SSSR count). The molecule has 1 aromatic rings. The lowest BCUT2D eigenvalue weighted by atomic mass is 9.84. The molecular formula is C16H20N4O. The third-order valence-electron chi connectivity index (χ3n) is 4.52. The summed E-state index contributed by atoms with van der Waals surface area (Å²) in [5, 5.41) is 12.1. The zero-order valence-corrected chi connectivity index (χ0v) is 12.1. The molecule has 0 radical (unpaired) electrons. The van der Waals surface area contributed by atoms with Crippen LogP contribution >= 0.6 is 0 Å². The number of carbonyl (C=O) groups is 1. The van der Waals surface area contributed by atoms with E-state index in [1.54, 1.807) is 12.3 Å². The highest BCUT2D eigenvalue weighted by Gasteiger charge is 2.28. The molecule has 0 unspecified atom stereocenters. The molecule has 5 heteroatoms. The number of anilines is 1. The zero-order chi connectivity index (χ0) is 14.7. The van der Waals surface area contributed by atoms with Crippen molar-refractivity contribution in [2.24, 2.45) is 5.92 Å². The van der Waals surface area contributed by atoms with Gasteiger partial charge < -0.3 is 10.2 Å². The summed E-state index contributed by atoms with van der Waals surface area (Å²) in [7, 11) is 0. The van der Waals surface area contributed by atoms with Gasteiger partial charge >= 0.3 is 0 Å². The average Bonchev–Trinajstić information content (AvgIpc) is 2.46. The molecule has 2 fully saturated rings. The summed E-state index contributed by atoms with van der Waals surface area (Å²) in [5.41, 5.74) is 0.639. The number of nitrogens with one attached hydrogen (secondary N) is 1. The van der Waals surface area contributed by atoms with E-state index < -0.39 is 0 Å². The van der Waals surface area contributed by atoms with Gasteiger partial charge in [0.15, 0.2) is 0 Å². The highest BCUT2D eigenvalue weighted by Crippen LogP contribution is 2.27. The summed E-state index contributed by atoms with van der Waals surface area (Å²) in [6.45, 7) is 1.75. The zero-order valence-electron chi connectivity index (χ0n) is 12.1. The van der Waals surface area contributed by atoms with Gasteiger partial charge in [0.1, 0.15) is 5.82 Å². The van der Waals surface area contributed by atoms with Crippen LogP contribution < -0.4 is 10.2 Å². The topological polar surface area (TPSA) is 69.0 Å². The Balaban J connectivity index is 1.52. The maximum atomic E-state index is 12.0. The SMILES string of the molecule is N#Cc1ccnc(N2CCC(NC(=O)C3CCC3)CC2)c1. The standard InChI is InChI=1S/C16H20N4O/c17-11-12-4-7-18-15(10-12)20-8-5-14(6-9-20)19-16(21)13-2-1-3-13/h4,7,10,13-14H,1-3,5-6,8-9H2,(H,19,21). The fourth-order valence-corrected chi connectivity index (χ4v) is 2.90. The summed E-state index contributed by atoms with van der Waals surface area (Å²) in [6.07, 6.45) is 6.86. The van der Waals surface area contributed by atoms with Gasteiger partial charge in [-0.15, -0.1) is 0 Å². The van der Waals surface area contributed by atoms with E-state index >= 15 is 0 Å². The normalized spacial score (nSPS) is 19.7. The largest absolute Gasteiger partial charge is 0.356 e. The third-order valence-corrected chi connectivity index (χ3v) is 4.52. The highest BCUT2D eigenvalue weighted by molar-refractivity contribution is 5.79. The minimum Gasteiger partial charge on any atom is -0.356 e. The number of pyridine rings is 1. The third kappa shape index (κ3) is 3.15. The number of hydrogen-bond acceptors (Lipinski definition) is 4. The number of hydrogen-bond donors (Lipinski definition) is 1. The van der Waals surface area contributed by atoms with Crippen molar-refractivity contribution < 1.29 is 4.79 Å². The molecule has 1 aliphatic carbocycles. The molecule has 0 aromatic carbocycles. The van der Waals surface area contributed by atoms with Crippen LogP contribution in [-0.2, 0) is 4.79 Å². The summed E-state index contributed by atoms with van der Waals surface area (Å²) in [4.78, 5) is 18.5.